The molecule has 1 aliphatic carbocycles. The number of hydrogen-bond donors (Lipinski definition) is 2. The summed E-state index contributed by atoms with van der Waals surface area (Å²) in [6.07, 6.45) is 1.50. The van der Waals surface area contributed by atoms with Crippen molar-refractivity contribution in [1.29, 1.82) is 0 Å². The van der Waals surface area contributed by atoms with Crippen molar-refractivity contribution in [1.82, 2.24) is 0 Å². The molecule has 0 atom stereocenters. The molecule has 2 N–H and O–H groups in total. The van der Waals surface area contributed by atoms with E-state index in [4.69, 9.17) is 5.11 Å². The molecule has 3 nitrogen and oxygen atoms in total. The highest BCUT2D eigenvalue weighted by molar-refractivity contribution is 9.10. The second-order valence-corrected chi connectivity index (χ2v) is 4.39. The predicted molar refractivity (Wildman–Crippen MR) is 54.2 cm³/mol. The van der Waals surface area contributed by atoms with Crippen molar-refractivity contribution < 1.29 is 15.0 Å². The van der Waals surface area contributed by atoms with Crippen LogP contribution in [-0.2, 0) is 5.60 Å². The first-order chi connectivity index (χ1) is 6.53. The summed E-state index contributed by atoms with van der Waals surface area (Å²) >= 11 is 3.27. The summed E-state index contributed by atoms with van der Waals surface area (Å²) in [5.41, 5.74) is 0.281. The topological polar surface area (TPSA) is 57.5 Å². The Kier molecular flexibility index (Phi) is 2.12. The summed E-state index contributed by atoms with van der Waals surface area (Å²) in [5, 5.41) is 18.6. The summed E-state index contributed by atoms with van der Waals surface area (Å²) in [6, 6.07) is 4.70. The zero-order valence-electron chi connectivity index (χ0n) is 7.33. The molecule has 0 heterocycles. The molecular formula is C10H9BrO3. The van der Waals surface area contributed by atoms with Crippen LogP contribution in [0.25, 0.3) is 0 Å². The fourth-order valence-corrected chi connectivity index (χ4v) is 2.16. The van der Waals surface area contributed by atoms with Crippen LogP contribution in [0.5, 0.6) is 0 Å². The smallest absolute Gasteiger partial charge is 0.335 e. The molecule has 0 saturated heterocycles. The summed E-state index contributed by atoms with van der Waals surface area (Å²) in [6.45, 7) is 0. The van der Waals surface area contributed by atoms with E-state index in [1.165, 1.54) is 12.1 Å². The largest absolute Gasteiger partial charge is 0.478 e. The molecule has 2 rings (SSSR count). The van der Waals surface area contributed by atoms with Crippen molar-refractivity contribution in [2.45, 2.75) is 18.4 Å². The minimum absolute atomic E-state index is 0.227. The highest BCUT2D eigenvalue weighted by Crippen LogP contribution is 2.47. The fraction of sp³-hybridized carbons (Fsp3) is 0.300. The van der Waals surface area contributed by atoms with Crippen molar-refractivity contribution in [3.8, 4) is 0 Å². The highest BCUT2D eigenvalue weighted by Gasteiger charge is 2.43. The molecule has 14 heavy (non-hydrogen) atoms. The van der Waals surface area contributed by atoms with Crippen molar-refractivity contribution in [2.75, 3.05) is 0 Å². The van der Waals surface area contributed by atoms with Gasteiger partial charge >= 0.3 is 5.97 Å². The molecule has 4 heteroatoms. The Hall–Kier alpha value is -0.870. The lowest BCUT2D eigenvalue weighted by atomic mass is 10.1. The van der Waals surface area contributed by atoms with Gasteiger partial charge in [0.15, 0.2) is 0 Å². The third-order valence-electron chi connectivity index (χ3n) is 2.44. The van der Waals surface area contributed by atoms with Crippen LogP contribution in [0.15, 0.2) is 22.7 Å². The first-order valence-corrected chi connectivity index (χ1v) is 5.08. The maximum Gasteiger partial charge on any atom is 0.335 e. The van der Waals surface area contributed by atoms with Crippen LogP contribution in [0.2, 0.25) is 0 Å². The quantitative estimate of drug-likeness (QED) is 0.853. The Labute approximate surface area is 89.5 Å². The van der Waals surface area contributed by atoms with E-state index in [0.717, 1.165) is 18.4 Å². The monoisotopic (exact) mass is 256 g/mol. The van der Waals surface area contributed by atoms with E-state index in [1.54, 1.807) is 6.07 Å². The number of carboxylic acids is 1. The Morgan fingerprint density at radius 1 is 1.43 bits per heavy atom. The van der Waals surface area contributed by atoms with Gasteiger partial charge in [0.05, 0.1) is 11.2 Å². The van der Waals surface area contributed by atoms with Crippen LogP contribution in [-0.4, -0.2) is 16.2 Å². The van der Waals surface area contributed by atoms with Gasteiger partial charge in [0.25, 0.3) is 0 Å². The number of hydrogen-bond acceptors (Lipinski definition) is 2. The van der Waals surface area contributed by atoms with E-state index < -0.39 is 11.6 Å². The number of halogens is 1. The molecule has 0 unspecified atom stereocenters. The van der Waals surface area contributed by atoms with E-state index in [0.29, 0.717) is 4.47 Å². The number of aliphatic hydroxyl groups is 1. The van der Waals surface area contributed by atoms with Crippen molar-refractivity contribution in [3.05, 3.63) is 33.8 Å². The van der Waals surface area contributed by atoms with Crippen LogP contribution in [0.4, 0.5) is 0 Å². The number of benzene rings is 1. The van der Waals surface area contributed by atoms with E-state index in [-0.39, 0.29) is 5.56 Å². The van der Waals surface area contributed by atoms with Crippen LogP contribution >= 0.6 is 15.9 Å². The van der Waals surface area contributed by atoms with E-state index in [1.807, 2.05) is 0 Å². The van der Waals surface area contributed by atoms with Gasteiger partial charge in [0.1, 0.15) is 0 Å². The molecule has 0 bridgehead atoms. The van der Waals surface area contributed by atoms with E-state index in [9.17, 15) is 9.90 Å². The van der Waals surface area contributed by atoms with Gasteiger partial charge < -0.3 is 10.2 Å². The lowest BCUT2D eigenvalue weighted by Gasteiger charge is -2.10. The molecule has 0 aromatic heterocycles. The molecule has 1 aliphatic rings. The van der Waals surface area contributed by atoms with Gasteiger partial charge in [-0.3, -0.25) is 0 Å². The summed E-state index contributed by atoms with van der Waals surface area (Å²) in [5.74, 6) is -0.958. The third kappa shape index (κ3) is 1.55. The summed E-state index contributed by atoms with van der Waals surface area (Å²) < 4.78 is 0.664. The number of carboxylic acid groups (broad SMARTS) is 1. The molecule has 1 aromatic rings. The highest BCUT2D eigenvalue weighted by atomic mass is 79.9. The van der Waals surface area contributed by atoms with Gasteiger partial charge in [-0.25, -0.2) is 4.79 Å². The van der Waals surface area contributed by atoms with Crippen molar-refractivity contribution in [3.63, 3.8) is 0 Å². The SMILES string of the molecule is O=C(O)c1ccc(C2(O)CC2)c(Br)c1. The molecule has 0 spiro atoms. The lowest BCUT2D eigenvalue weighted by Crippen LogP contribution is -2.06. The van der Waals surface area contributed by atoms with Gasteiger partial charge in [-0.15, -0.1) is 0 Å². The molecular weight excluding hydrogens is 248 g/mol. The molecule has 1 fully saturated rings. The minimum atomic E-state index is -0.958. The summed E-state index contributed by atoms with van der Waals surface area (Å²) in [7, 11) is 0. The van der Waals surface area contributed by atoms with Crippen molar-refractivity contribution in [2.24, 2.45) is 0 Å². The molecule has 0 radical (unpaired) electrons. The lowest BCUT2D eigenvalue weighted by molar-refractivity contribution is 0.0696. The third-order valence-corrected chi connectivity index (χ3v) is 3.10. The molecule has 0 amide bonds. The predicted octanol–water partition coefficient (Wildman–Crippen LogP) is 2.13. The molecule has 74 valence electrons. The van der Waals surface area contributed by atoms with Crippen LogP contribution in [0.1, 0.15) is 28.8 Å². The second kappa shape index (κ2) is 3.07. The Bertz CT molecular complexity index is 396. The molecule has 1 aromatic carbocycles. The van der Waals surface area contributed by atoms with Crippen LogP contribution in [0.3, 0.4) is 0 Å². The maximum atomic E-state index is 10.6. The van der Waals surface area contributed by atoms with Gasteiger partial charge in [-0.1, -0.05) is 22.0 Å². The minimum Gasteiger partial charge on any atom is -0.478 e. The Morgan fingerprint density at radius 2 is 2.07 bits per heavy atom. The van der Waals surface area contributed by atoms with E-state index in [2.05, 4.69) is 15.9 Å². The van der Waals surface area contributed by atoms with Crippen LogP contribution < -0.4 is 0 Å². The van der Waals surface area contributed by atoms with Crippen molar-refractivity contribution >= 4 is 21.9 Å². The normalized spacial score (nSPS) is 17.9. The van der Waals surface area contributed by atoms with Gasteiger partial charge in [-0.05, 0) is 30.5 Å². The first-order valence-electron chi connectivity index (χ1n) is 4.29. The zero-order chi connectivity index (χ0) is 10.3. The average molecular weight is 257 g/mol. The standard InChI is InChI=1S/C10H9BrO3/c11-8-5-6(9(12)13)1-2-7(8)10(14)3-4-10/h1-2,5,14H,3-4H2,(H,12,13). The average Bonchev–Trinajstić information content (AvgIpc) is 2.84. The van der Waals surface area contributed by atoms with Gasteiger partial charge in [0.2, 0.25) is 0 Å². The van der Waals surface area contributed by atoms with Crippen LogP contribution in [0, 0.1) is 0 Å². The fourth-order valence-electron chi connectivity index (χ4n) is 1.41. The van der Waals surface area contributed by atoms with Gasteiger partial charge in [-0.2, -0.15) is 0 Å². The zero-order valence-corrected chi connectivity index (χ0v) is 8.91. The first kappa shape index (κ1) is 9.68. The second-order valence-electron chi connectivity index (χ2n) is 3.53. The Balaban J connectivity index is 2.41. The van der Waals surface area contributed by atoms with Gasteiger partial charge in [0, 0.05) is 4.47 Å². The summed E-state index contributed by atoms with van der Waals surface area (Å²) in [4.78, 5) is 10.6. The molecule has 1 saturated carbocycles. The maximum absolute atomic E-state index is 10.6. The molecule has 0 aliphatic heterocycles. The number of carbonyl (C=O) groups is 1. The van der Waals surface area contributed by atoms with E-state index >= 15 is 0 Å². The number of aromatic carboxylic acids is 1. The Morgan fingerprint density at radius 3 is 2.50 bits per heavy atom. The number of rotatable bonds is 2.